The van der Waals surface area contributed by atoms with E-state index in [0.29, 0.717) is 17.7 Å². The van der Waals surface area contributed by atoms with E-state index in [1.165, 1.54) is 17.2 Å². The Morgan fingerprint density at radius 1 is 1.19 bits per heavy atom. The van der Waals surface area contributed by atoms with Crippen LogP contribution < -0.4 is 0 Å². The molecule has 4 aromatic rings. The Balaban J connectivity index is 1.42. The topological polar surface area (TPSA) is 88.1 Å². The number of nitrogens with zero attached hydrogens (tertiary/aromatic N) is 3. The number of aromatic amines is 1. The highest BCUT2D eigenvalue weighted by atomic mass is 32.2. The van der Waals surface area contributed by atoms with Crippen LogP contribution in [0.5, 0.6) is 0 Å². The lowest BCUT2D eigenvalue weighted by Crippen LogP contribution is -2.28. The molecular weight excluding hydrogens is 419 g/mol. The van der Waals surface area contributed by atoms with Crippen molar-refractivity contribution in [1.29, 1.82) is 0 Å². The number of fused-ring (bicyclic) bond motifs is 2. The Bertz CT molecular complexity index is 1440. The molecule has 7 nitrogen and oxygen atoms in total. The molecule has 2 aromatic heterocycles. The maximum Gasteiger partial charge on any atom is 0.257 e. The third-order valence-corrected chi connectivity index (χ3v) is 6.51. The average Bonchev–Trinajstić information content (AvgIpc) is 3.43. The van der Waals surface area contributed by atoms with Crippen molar-refractivity contribution in [2.24, 2.45) is 0 Å². The molecule has 0 spiro atoms. The summed E-state index contributed by atoms with van der Waals surface area (Å²) in [6.45, 7) is 0.254. The minimum atomic E-state index is -3.57. The fourth-order valence-corrected chi connectivity index (χ4v) is 4.89. The Labute approximate surface area is 178 Å². The quantitative estimate of drug-likeness (QED) is 0.531. The van der Waals surface area contributed by atoms with Crippen molar-refractivity contribution in [3.05, 3.63) is 88.6 Å². The number of rotatable bonds is 4. The zero-order valence-electron chi connectivity index (χ0n) is 16.7. The monoisotopic (exact) mass is 438 g/mol. The van der Waals surface area contributed by atoms with Crippen molar-refractivity contribution in [3.63, 3.8) is 0 Å². The van der Waals surface area contributed by atoms with E-state index >= 15 is 0 Å². The summed E-state index contributed by atoms with van der Waals surface area (Å²) < 4.78 is 39.3. The number of hydrogen-bond donors (Lipinski definition) is 1. The molecule has 0 bridgehead atoms. The molecule has 1 aliphatic rings. The van der Waals surface area contributed by atoms with Crippen LogP contribution in [0.2, 0.25) is 0 Å². The van der Waals surface area contributed by atoms with Gasteiger partial charge in [0.15, 0.2) is 0 Å². The van der Waals surface area contributed by atoms with E-state index in [-0.39, 0.29) is 18.7 Å². The van der Waals surface area contributed by atoms with Crippen LogP contribution in [0.4, 0.5) is 4.39 Å². The van der Waals surface area contributed by atoms with Crippen LogP contribution in [-0.2, 0) is 29.5 Å². The van der Waals surface area contributed by atoms with Gasteiger partial charge >= 0.3 is 0 Å². The Hall–Kier alpha value is -3.46. The standard InChI is InChI=1S/C22H19FN4O3S/c1-31(29,30)27-21-13-26(12-16(21)11-25-27)22(28)18-10-14(5-6-19(18)23)9-15-3-2-4-20-17(15)7-8-24-20/h2-8,10-11,24H,9,12-13H2,1H3. The highest BCUT2D eigenvalue weighted by molar-refractivity contribution is 7.89. The van der Waals surface area contributed by atoms with Gasteiger partial charge < -0.3 is 9.88 Å². The molecule has 0 aliphatic carbocycles. The summed E-state index contributed by atoms with van der Waals surface area (Å²) >= 11 is 0. The van der Waals surface area contributed by atoms with Crippen LogP contribution in [0.3, 0.4) is 0 Å². The Morgan fingerprint density at radius 3 is 2.84 bits per heavy atom. The summed E-state index contributed by atoms with van der Waals surface area (Å²) in [7, 11) is -3.57. The minimum absolute atomic E-state index is 0.0252. The number of halogens is 1. The fraction of sp³-hybridized carbons (Fsp3) is 0.182. The number of aromatic nitrogens is 3. The predicted molar refractivity (Wildman–Crippen MR) is 114 cm³/mol. The molecule has 31 heavy (non-hydrogen) atoms. The molecule has 5 rings (SSSR count). The molecule has 0 radical (unpaired) electrons. The second-order valence-corrected chi connectivity index (χ2v) is 9.54. The zero-order valence-corrected chi connectivity index (χ0v) is 17.5. The smallest absolute Gasteiger partial charge is 0.257 e. The third-order valence-electron chi connectivity index (χ3n) is 5.56. The second-order valence-electron chi connectivity index (χ2n) is 7.73. The van der Waals surface area contributed by atoms with Crippen molar-refractivity contribution in [2.45, 2.75) is 19.5 Å². The van der Waals surface area contributed by atoms with E-state index in [2.05, 4.69) is 10.1 Å². The van der Waals surface area contributed by atoms with E-state index < -0.39 is 21.7 Å². The molecule has 2 aromatic carbocycles. The van der Waals surface area contributed by atoms with Crippen molar-refractivity contribution < 1.29 is 17.6 Å². The van der Waals surface area contributed by atoms with Crippen LogP contribution in [0.15, 0.2) is 54.9 Å². The molecule has 0 unspecified atom stereocenters. The molecule has 0 fully saturated rings. The van der Waals surface area contributed by atoms with E-state index in [0.717, 1.165) is 32.4 Å². The molecule has 1 amide bonds. The number of hydrogen-bond acceptors (Lipinski definition) is 4. The molecule has 1 N–H and O–H groups in total. The molecule has 3 heterocycles. The van der Waals surface area contributed by atoms with Crippen molar-refractivity contribution in [3.8, 4) is 0 Å². The van der Waals surface area contributed by atoms with Gasteiger partial charge in [-0.15, -0.1) is 0 Å². The summed E-state index contributed by atoms with van der Waals surface area (Å²) in [5.41, 5.74) is 3.97. The number of benzene rings is 2. The van der Waals surface area contributed by atoms with Crippen LogP contribution in [-0.4, -0.2) is 39.7 Å². The lowest BCUT2D eigenvalue weighted by molar-refractivity contribution is 0.0744. The summed E-state index contributed by atoms with van der Waals surface area (Å²) in [6.07, 6.45) is 4.92. The molecular formula is C22H19FN4O3S. The summed E-state index contributed by atoms with van der Waals surface area (Å²) in [5, 5.41) is 4.97. The number of carbonyl (C=O) groups excluding carboxylic acids is 1. The van der Waals surface area contributed by atoms with Crippen molar-refractivity contribution in [1.82, 2.24) is 19.1 Å². The van der Waals surface area contributed by atoms with Crippen molar-refractivity contribution >= 4 is 26.8 Å². The first-order valence-electron chi connectivity index (χ1n) is 9.70. The maximum atomic E-state index is 14.6. The lowest BCUT2D eigenvalue weighted by atomic mass is 9.99. The molecule has 0 atom stereocenters. The van der Waals surface area contributed by atoms with Gasteiger partial charge in [-0.25, -0.2) is 12.8 Å². The molecule has 1 aliphatic heterocycles. The van der Waals surface area contributed by atoms with Gasteiger partial charge in [0.05, 0.1) is 30.3 Å². The van der Waals surface area contributed by atoms with E-state index in [1.54, 1.807) is 12.1 Å². The number of nitrogens with one attached hydrogen (secondary N) is 1. The highest BCUT2D eigenvalue weighted by Gasteiger charge is 2.31. The maximum absolute atomic E-state index is 14.6. The van der Waals surface area contributed by atoms with Gasteiger partial charge in [-0.3, -0.25) is 4.79 Å². The highest BCUT2D eigenvalue weighted by Crippen LogP contribution is 2.27. The summed E-state index contributed by atoms with van der Waals surface area (Å²) in [4.78, 5) is 17.7. The van der Waals surface area contributed by atoms with Crippen LogP contribution >= 0.6 is 0 Å². The Morgan fingerprint density at radius 2 is 2.03 bits per heavy atom. The first kappa shape index (κ1) is 19.5. The fourth-order valence-electron chi connectivity index (χ4n) is 4.10. The second kappa shape index (κ2) is 7.05. The molecule has 158 valence electrons. The van der Waals surface area contributed by atoms with Gasteiger partial charge in [0.2, 0.25) is 0 Å². The van der Waals surface area contributed by atoms with E-state index in [9.17, 15) is 17.6 Å². The van der Waals surface area contributed by atoms with Crippen LogP contribution in [0.25, 0.3) is 10.9 Å². The molecule has 0 saturated heterocycles. The first-order chi connectivity index (χ1) is 14.8. The number of carbonyl (C=O) groups is 1. The lowest BCUT2D eigenvalue weighted by Gasteiger charge is -2.17. The number of H-pyrrole nitrogens is 1. The van der Waals surface area contributed by atoms with Gasteiger partial charge in [0, 0.05) is 29.2 Å². The first-order valence-corrected chi connectivity index (χ1v) is 11.5. The van der Waals surface area contributed by atoms with E-state index in [4.69, 9.17) is 0 Å². The van der Waals surface area contributed by atoms with Gasteiger partial charge in [0.25, 0.3) is 15.9 Å². The molecule has 0 saturated carbocycles. The third kappa shape index (κ3) is 3.40. The van der Waals surface area contributed by atoms with Gasteiger partial charge in [-0.1, -0.05) is 18.2 Å². The molecule has 9 heteroatoms. The Kier molecular flexibility index (Phi) is 4.44. The van der Waals surface area contributed by atoms with Crippen molar-refractivity contribution in [2.75, 3.05) is 6.26 Å². The normalized spacial score (nSPS) is 13.7. The minimum Gasteiger partial charge on any atom is -0.361 e. The van der Waals surface area contributed by atoms with Gasteiger partial charge in [-0.05, 0) is 41.8 Å². The zero-order chi connectivity index (χ0) is 21.8. The number of amides is 1. The SMILES string of the molecule is CS(=O)(=O)n1ncc2c1CN(C(=O)c1cc(Cc3cccc4[nH]ccc34)ccc1F)C2. The summed E-state index contributed by atoms with van der Waals surface area (Å²) in [6, 6.07) is 12.5. The average molecular weight is 438 g/mol. The predicted octanol–water partition coefficient (Wildman–Crippen LogP) is 3.06. The van der Waals surface area contributed by atoms with Gasteiger partial charge in [0.1, 0.15) is 5.82 Å². The largest absolute Gasteiger partial charge is 0.361 e. The van der Waals surface area contributed by atoms with Gasteiger partial charge in [-0.2, -0.15) is 9.19 Å². The summed E-state index contributed by atoms with van der Waals surface area (Å²) in [5.74, 6) is -1.08. The van der Waals surface area contributed by atoms with Crippen LogP contribution in [0.1, 0.15) is 32.7 Å². The van der Waals surface area contributed by atoms with E-state index in [1.807, 2.05) is 30.5 Å². The van der Waals surface area contributed by atoms with Crippen LogP contribution in [0, 0.1) is 5.82 Å².